The predicted molar refractivity (Wildman–Crippen MR) is 98.2 cm³/mol. The molecule has 1 atom stereocenters. The number of likely N-dealkylation sites (tertiary alicyclic amines) is 3. The van der Waals surface area contributed by atoms with Gasteiger partial charge in [-0.3, -0.25) is 9.69 Å². The number of carbonyl (C=O) groups is 1. The smallest absolute Gasteiger partial charge is 0.226 e. The van der Waals surface area contributed by atoms with Crippen LogP contribution in [0.5, 0.6) is 0 Å². The zero-order valence-corrected chi connectivity index (χ0v) is 15.8. The molecule has 0 aromatic heterocycles. The number of hydrogen-bond donors (Lipinski definition) is 1. The van der Waals surface area contributed by atoms with E-state index in [4.69, 9.17) is 0 Å². The Bertz CT molecular complexity index is 384. The average Bonchev–Trinajstić information content (AvgIpc) is 2.91. The van der Waals surface area contributed by atoms with Crippen LogP contribution in [-0.4, -0.2) is 67.6 Å². The fourth-order valence-electron chi connectivity index (χ4n) is 5.07. The van der Waals surface area contributed by atoms with Crippen LogP contribution < -0.4 is 4.90 Å². The van der Waals surface area contributed by atoms with Gasteiger partial charge in [-0.1, -0.05) is 19.8 Å². The van der Waals surface area contributed by atoms with Gasteiger partial charge < -0.3 is 9.80 Å². The number of hydrogen-bond acceptors (Lipinski definition) is 2. The summed E-state index contributed by atoms with van der Waals surface area (Å²) in [5.41, 5.74) is 0. The summed E-state index contributed by atoms with van der Waals surface area (Å²) in [7, 11) is 0. The standard InChI is InChI=1S/C20H37N3O/c1-2-11-21-15-9-19(10-16-21)23-14-7-8-18(17-23)20(24)22-12-5-3-4-6-13-22/h18-19H,2-17H2,1H3/p+1. The van der Waals surface area contributed by atoms with E-state index < -0.39 is 0 Å². The van der Waals surface area contributed by atoms with Crippen molar-refractivity contribution < 1.29 is 9.69 Å². The van der Waals surface area contributed by atoms with Crippen LogP contribution in [0.4, 0.5) is 0 Å². The maximum absolute atomic E-state index is 13.0. The zero-order valence-electron chi connectivity index (χ0n) is 15.8. The van der Waals surface area contributed by atoms with Crippen LogP contribution in [0.25, 0.3) is 0 Å². The molecule has 3 rings (SSSR count). The van der Waals surface area contributed by atoms with Gasteiger partial charge >= 0.3 is 0 Å². The summed E-state index contributed by atoms with van der Waals surface area (Å²) in [5, 5.41) is 0. The first kappa shape index (κ1) is 18.2. The SMILES string of the molecule is CCC[NH+]1CCC(N2CCCC(C(=O)N3CCCCCC3)C2)CC1. The van der Waals surface area contributed by atoms with Crippen molar-refractivity contribution in [3.63, 3.8) is 0 Å². The maximum Gasteiger partial charge on any atom is 0.226 e. The Hall–Kier alpha value is -0.610. The summed E-state index contributed by atoms with van der Waals surface area (Å²) in [6.45, 7) is 10.6. The molecule has 3 aliphatic heterocycles. The Morgan fingerprint density at radius 2 is 1.67 bits per heavy atom. The number of nitrogens with one attached hydrogen (secondary N) is 1. The van der Waals surface area contributed by atoms with Crippen LogP contribution in [0.2, 0.25) is 0 Å². The summed E-state index contributed by atoms with van der Waals surface area (Å²) < 4.78 is 0. The van der Waals surface area contributed by atoms with Crippen molar-refractivity contribution in [1.82, 2.24) is 9.80 Å². The largest absolute Gasteiger partial charge is 0.342 e. The van der Waals surface area contributed by atoms with E-state index in [0.717, 1.165) is 32.1 Å². The molecule has 0 bridgehead atoms. The average molecular weight is 337 g/mol. The third-order valence-corrected chi connectivity index (χ3v) is 6.50. The highest BCUT2D eigenvalue weighted by molar-refractivity contribution is 5.79. The molecule has 0 radical (unpaired) electrons. The lowest BCUT2D eigenvalue weighted by Gasteiger charge is -2.41. The van der Waals surface area contributed by atoms with E-state index in [-0.39, 0.29) is 5.92 Å². The third-order valence-electron chi connectivity index (χ3n) is 6.50. The van der Waals surface area contributed by atoms with Crippen LogP contribution in [0.1, 0.15) is 64.7 Å². The van der Waals surface area contributed by atoms with Gasteiger partial charge in [0.15, 0.2) is 0 Å². The number of quaternary nitrogens is 1. The van der Waals surface area contributed by atoms with Crippen molar-refractivity contribution >= 4 is 5.91 Å². The zero-order chi connectivity index (χ0) is 16.8. The summed E-state index contributed by atoms with van der Waals surface area (Å²) in [6, 6.07) is 0.741. The fraction of sp³-hybridized carbons (Fsp3) is 0.950. The van der Waals surface area contributed by atoms with Crippen LogP contribution in [0.3, 0.4) is 0 Å². The molecule has 0 saturated carbocycles. The Kier molecular flexibility index (Phi) is 6.96. The molecule has 1 amide bonds. The second-order valence-electron chi connectivity index (χ2n) is 8.30. The quantitative estimate of drug-likeness (QED) is 0.844. The lowest BCUT2D eigenvalue weighted by Crippen LogP contribution is -3.13. The van der Waals surface area contributed by atoms with E-state index in [2.05, 4.69) is 16.7 Å². The molecule has 3 fully saturated rings. The topological polar surface area (TPSA) is 28.0 Å². The molecule has 0 aromatic rings. The second-order valence-corrected chi connectivity index (χ2v) is 8.30. The van der Waals surface area contributed by atoms with E-state index in [0.29, 0.717) is 5.91 Å². The first-order chi connectivity index (χ1) is 11.8. The summed E-state index contributed by atoms with van der Waals surface area (Å²) in [4.78, 5) is 19.6. The van der Waals surface area contributed by atoms with Gasteiger partial charge in [0.1, 0.15) is 0 Å². The Morgan fingerprint density at radius 3 is 2.33 bits per heavy atom. The molecule has 1 unspecified atom stereocenters. The minimum Gasteiger partial charge on any atom is -0.342 e. The second kappa shape index (κ2) is 9.19. The normalized spacial score (nSPS) is 33.2. The van der Waals surface area contributed by atoms with Gasteiger partial charge in [0.25, 0.3) is 0 Å². The maximum atomic E-state index is 13.0. The summed E-state index contributed by atoms with van der Waals surface area (Å²) in [6.07, 6.45) is 11.3. The Labute approximate surface area is 148 Å². The van der Waals surface area contributed by atoms with Crippen molar-refractivity contribution in [1.29, 1.82) is 0 Å². The number of rotatable bonds is 4. The molecule has 3 saturated heterocycles. The van der Waals surface area contributed by atoms with Crippen LogP contribution in [0.15, 0.2) is 0 Å². The van der Waals surface area contributed by atoms with Gasteiger partial charge in [-0.25, -0.2) is 0 Å². The number of nitrogens with zero attached hydrogens (tertiary/aromatic N) is 2. The van der Waals surface area contributed by atoms with Gasteiger partial charge in [0.2, 0.25) is 5.91 Å². The highest BCUT2D eigenvalue weighted by Crippen LogP contribution is 2.24. The van der Waals surface area contributed by atoms with Crippen molar-refractivity contribution in [2.75, 3.05) is 45.8 Å². The third kappa shape index (κ3) is 4.72. The molecule has 24 heavy (non-hydrogen) atoms. The van der Waals surface area contributed by atoms with E-state index in [9.17, 15) is 4.79 Å². The number of amides is 1. The molecular weight excluding hydrogens is 298 g/mol. The van der Waals surface area contributed by atoms with Crippen molar-refractivity contribution in [2.45, 2.75) is 70.8 Å². The minimum absolute atomic E-state index is 0.276. The van der Waals surface area contributed by atoms with Gasteiger partial charge in [0.05, 0.1) is 25.6 Å². The van der Waals surface area contributed by atoms with Crippen molar-refractivity contribution in [3.05, 3.63) is 0 Å². The lowest BCUT2D eigenvalue weighted by atomic mass is 9.92. The molecule has 138 valence electrons. The Morgan fingerprint density at radius 1 is 0.958 bits per heavy atom. The van der Waals surface area contributed by atoms with Gasteiger partial charge in [-0.15, -0.1) is 0 Å². The number of carbonyl (C=O) groups excluding carboxylic acids is 1. The van der Waals surface area contributed by atoms with Gasteiger partial charge in [-0.2, -0.15) is 0 Å². The van der Waals surface area contributed by atoms with Crippen molar-refractivity contribution in [2.24, 2.45) is 5.92 Å². The first-order valence-electron chi connectivity index (χ1n) is 10.6. The van der Waals surface area contributed by atoms with Crippen LogP contribution >= 0.6 is 0 Å². The van der Waals surface area contributed by atoms with E-state index in [1.165, 1.54) is 77.5 Å². The minimum atomic E-state index is 0.276. The molecule has 0 aliphatic carbocycles. The van der Waals surface area contributed by atoms with Crippen LogP contribution in [-0.2, 0) is 4.79 Å². The molecule has 4 nitrogen and oxygen atoms in total. The lowest BCUT2D eigenvalue weighted by molar-refractivity contribution is -0.905. The molecule has 4 heteroatoms. The van der Waals surface area contributed by atoms with Gasteiger partial charge in [0, 0.05) is 38.5 Å². The predicted octanol–water partition coefficient (Wildman–Crippen LogP) is 1.56. The highest BCUT2D eigenvalue weighted by atomic mass is 16.2. The molecule has 0 aromatic carbocycles. The first-order valence-corrected chi connectivity index (χ1v) is 10.6. The molecule has 3 heterocycles. The van der Waals surface area contributed by atoms with Crippen molar-refractivity contribution in [3.8, 4) is 0 Å². The van der Waals surface area contributed by atoms with Gasteiger partial charge in [-0.05, 0) is 38.6 Å². The molecule has 3 aliphatic rings. The Balaban J connectivity index is 1.50. The number of piperidine rings is 2. The molecular formula is C20H38N3O+. The van der Waals surface area contributed by atoms with E-state index in [1.54, 1.807) is 4.90 Å². The summed E-state index contributed by atoms with van der Waals surface area (Å²) in [5.74, 6) is 0.744. The molecule has 1 N–H and O–H groups in total. The van der Waals surface area contributed by atoms with E-state index >= 15 is 0 Å². The monoisotopic (exact) mass is 336 g/mol. The van der Waals surface area contributed by atoms with E-state index in [1.807, 2.05) is 0 Å². The van der Waals surface area contributed by atoms with Crippen LogP contribution in [0, 0.1) is 5.92 Å². The summed E-state index contributed by atoms with van der Waals surface area (Å²) >= 11 is 0. The fourth-order valence-corrected chi connectivity index (χ4v) is 5.07. The molecule has 0 spiro atoms. The highest BCUT2D eigenvalue weighted by Gasteiger charge is 2.34.